The van der Waals surface area contributed by atoms with E-state index in [0.29, 0.717) is 34.7 Å². The number of fused-ring (bicyclic) bond motifs is 1. The number of rotatable bonds is 7. The monoisotopic (exact) mass is 487 g/mol. The Hall–Kier alpha value is -4.31. The van der Waals surface area contributed by atoms with E-state index in [-0.39, 0.29) is 29.3 Å². The molecular formula is C25H21N5O4S. The van der Waals surface area contributed by atoms with Gasteiger partial charge in [0.15, 0.2) is 0 Å². The summed E-state index contributed by atoms with van der Waals surface area (Å²) in [5.41, 5.74) is 1.76. The zero-order valence-corrected chi connectivity index (χ0v) is 19.8. The lowest BCUT2D eigenvalue weighted by molar-refractivity contribution is -0.121. The zero-order valence-electron chi connectivity index (χ0n) is 19.0. The van der Waals surface area contributed by atoms with E-state index in [2.05, 4.69) is 20.4 Å². The van der Waals surface area contributed by atoms with Gasteiger partial charge in [0.1, 0.15) is 23.5 Å². The number of thiophene rings is 1. The molecule has 1 N–H and O–H groups in total. The molecule has 0 atom stereocenters. The van der Waals surface area contributed by atoms with Crippen LogP contribution in [0.2, 0.25) is 0 Å². The number of benzene rings is 1. The van der Waals surface area contributed by atoms with Crippen molar-refractivity contribution in [2.24, 2.45) is 0 Å². The van der Waals surface area contributed by atoms with Gasteiger partial charge in [0.2, 0.25) is 17.2 Å². The van der Waals surface area contributed by atoms with Gasteiger partial charge in [0, 0.05) is 22.3 Å². The maximum atomic E-state index is 13.3. The smallest absolute Gasteiger partial charge is 0.263 e. The zero-order chi connectivity index (χ0) is 24.4. The standard InChI is InChI=1S/C25H21N5O4S/c1-15-5-10-19-22(32)20(25-28-23(29-34-25)16-6-8-17(33-2)9-7-16)13-30(24(19)27-15)14-21(31)26-12-18-4-3-11-35-18/h3-11,13H,12,14H2,1-2H3,(H,26,31). The second-order valence-corrected chi connectivity index (χ2v) is 8.86. The molecule has 1 amide bonds. The molecule has 4 heterocycles. The van der Waals surface area contributed by atoms with Crippen molar-refractivity contribution in [3.63, 3.8) is 0 Å². The van der Waals surface area contributed by atoms with Gasteiger partial charge in [0.05, 0.1) is 19.0 Å². The van der Waals surface area contributed by atoms with E-state index in [0.717, 1.165) is 10.6 Å². The van der Waals surface area contributed by atoms with Crippen LogP contribution in [0.1, 0.15) is 10.6 Å². The Bertz CT molecular complexity index is 1560. The van der Waals surface area contributed by atoms with Crippen LogP contribution in [0.3, 0.4) is 0 Å². The fraction of sp³-hybridized carbons (Fsp3) is 0.160. The van der Waals surface area contributed by atoms with Crippen molar-refractivity contribution in [1.29, 1.82) is 0 Å². The first kappa shape index (κ1) is 22.5. The number of hydrogen-bond donors (Lipinski definition) is 1. The number of aryl methyl sites for hydroxylation is 1. The number of hydrogen-bond acceptors (Lipinski definition) is 8. The maximum absolute atomic E-state index is 13.3. The molecule has 9 nitrogen and oxygen atoms in total. The minimum absolute atomic E-state index is 0.0227. The average Bonchev–Trinajstić information content (AvgIpc) is 3.57. The van der Waals surface area contributed by atoms with Gasteiger partial charge in [-0.2, -0.15) is 4.98 Å². The Morgan fingerprint density at radius 3 is 2.71 bits per heavy atom. The number of nitrogens with zero attached hydrogens (tertiary/aromatic N) is 4. The van der Waals surface area contributed by atoms with Crippen molar-refractivity contribution in [2.75, 3.05) is 7.11 Å². The fourth-order valence-corrected chi connectivity index (χ4v) is 4.28. The van der Waals surface area contributed by atoms with Crippen molar-refractivity contribution >= 4 is 28.3 Å². The quantitative estimate of drug-likeness (QED) is 0.371. The van der Waals surface area contributed by atoms with E-state index in [1.165, 1.54) is 0 Å². The molecule has 0 aliphatic carbocycles. The number of amides is 1. The number of carbonyl (C=O) groups is 1. The van der Waals surface area contributed by atoms with Crippen molar-refractivity contribution in [2.45, 2.75) is 20.0 Å². The van der Waals surface area contributed by atoms with Crippen LogP contribution in [0, 0.1) is 6.92 Å². The molecule has 35 heavy (non-hydrogen) atoms. The van der Waals surface area contributed by atoms with Crippen molar-refractivity contribution in [3.8, 4) is 28.6 Å². The SMILES string of the molecule is COc1ccc(-c2noc(-c3cn(CC(=O)NCc4cccs4)c4nc(C)ccc4c3=O)n2)cc1. The lowest BCUT2D eigenvalue weighted by Crippen LogP contribution is -2.28. The molecule has 0 spiro atoms. The van der Waals surface area contributed by atoms with Crippen LogP contribution in [-0.2, 0) is 17.9 Å². The number of pyridine rings is 2. The summed E-state index contributed by atoms with van der Waals surface area (Å²) in [6.07, 6.45) is 1.55. The molecule has 5 aromatic rings. The van der Waals surface area contributed by atoms with Gasteiger partial charge in [-0.3, -0.25) is 9.59 Å². The number of carbonyl (C=O) groups excluding carboxylic acids is 1. The molecule has 0 saturated heterocycles. The highest BCUT2D eigenvalue weighted by Gasteiger charge is 2.19. The molecule has 0 aliphatic heterocycles. The summed E-state index contributed by atoms with van der Waals surface area (Å²) in [7, 11) is 1.59. The van der Waals surface area contributed by atoms with Crippen LogP contribution in [0.15, 0.2) is 69.4 Å². The minimum Gasteiger partial charge on any atom is -0.497 e. The Kier molecular flexibility index (Phi) is 6.11. The number of ether oxygens (including phenoxy) is 1. The summed E-state index contributed by atoms with van der Waals surface area (Å²) in [6.45, 7) is 2.24. The Morgan fingerprint density at radius 2 is 1.97 bits per heavy atom. The van der Waals surface area contributed by atoms with Crippen LogP contribution in [0.4, 0.5) is 0 Å². The third-order valence-electron chi connectivity index (χ3n) is 5.42. The summed E-state index contributed by atoms with van der Waals surface area (Å²) >= 11 is 1.57. The van der Waals surface area contributed by atoms with Crippen molar-refractivity contribution < 1.29 is 14.1 Å². The van der Waals surface area contributed by atoms with E-state index < -0.39 is 0 Å². The van der Waals surface area contributed by atoms with Crippen molar-refractivity contribution in [3.05, 3.63) is 80.9 Å². The highest BCUT2D eigenvalue weighted by Crippen LogP contribution is 2.24. The predicted molar refractivity (Wildman–Crippen MR) is 132 cm³/mol. The first-order chi connectivity index (χ1) is 17.0. The number of aromatic nitrogens is 4. The van der Waals surface area contributed by atoms with Crippen molar-refractivity contribution in [1.82, 2.24) is 25.0 Å². The van der Waals surface area contributed by atoms with Gasteiger partial charge in [-0.1, -0.05) is 11.2 Å². The summed E-state index contributed by atoms with van der Waals surface area (Å²) in [4.78, 5) is 36.0. The largest absolute Gasteiger partial charge is 0.497 e. The van der Waals surface area contributed by atoms with Gasteiger partial charge in [0.25, 0.3) is 5.89 Å². The van der Waals surface area contributed by atoms with Gasteiger partial charge < -0.3 is 19.1 Å². The summed E-state index contributed by atoms with van der Waals surface area (Å²) < 4.78 is 12.3. The molecule has 0 fully saturated rings. The van der Waals surface area contributed by atoms with Gasteiger partial charge in [-0.25, -0.2) is 4.98 Å². The highest BCUT2D eigenvalue weighted by atomic mass is 32.1. The second kappa shape index (κ2) is 9.51. The normalized spacial score (nSPS) is 11.0. The first-order valence-corrected chi connectivity index (χ1v) is 11.7. The van der Waals surface area contributed by atoms with Crippen LogP contribution < -0.4 is 15.5 Å². The Labute approximate surface area is 204 Å². The summed E-state index contributed by atoms with van der Waals surface area (Å²) in [5.74, 6) is 0.901. The molecule has 176 valence electrons. The summed E-state index contributed by atoms with van der Waals surface area (Å²) in [6, 6.07) is 14.5. The first-order valence-electron chi connectivity index (χ1n) is 10.8. The molecule has 5 rings (SSSR count). The molecule has 0 radical (unpaired) electrons. The molecule has 10 heteroatoms. The van der Waals surface area contributed by atoms with E-state index >= 15 is 0 Å². The van der Waals surface area contributed by atoms with Crippen LogP contribution in [0.5, 0.6) is 5.75 Å². The Morgan fingerprint density at radius 1 is 1.14 bits per heavy atom. The predicted octanol–water partition coefficient (Wildman–Crippen LogP) is 3.81. The molecule has 0 saturated carbocycles. The third-order valence-corrected chi connectivity index (χ3v) is 6.30. The molecule has 0 bridgehead atoms. The molecule has 0 unspecified atom stereocenters. The highest BCUT2D eigenvalue weighted by molar-refractivity contribution is 7.09. The molecular weight excluding hydrogens is 466 g/mol. The lowest BCUT2D eigenvalue weighted by atomic mass is 10.1. The van der Waals surface area contributed by atoms with Gasteiger partial charge in [-0.05, 0) is 54.8 Å². The summed E-state index contributed by atoms with van der Waals surface area (Å²) in [5, 5.41) is 9.26. The number of nitrogens with one attached hydrogen (secondary N) is 1. The lowest BCUT2D eigenvalue weighted by Gasteiger charge is -2.12. The van der Waals surface area contributed by atoms with Crippen LogP contribution >= 0.6 is 11.3 Å². The van der Waals surface area contributed by atoms with E-state index in [1.54, 1.807) is 65.6 Å². The van der Waals surface area contributed by atoms with E-state index in [1.807, 2.05) is 24.4 Å². The molecule has 1 aromatic carbocycles. The fourth-order valence-electron chi connectivity index (χ4n) is 3.63. The second-order valence-electron chi connectivity index (χ2n) is 7.83. The maximum Gasteiger partial charge on any atom is 0.263 e. The van der Waals surface area contributed by atoms with E-state index in [4.69, 9.17) is 9.26 Å². The average molecular weight is 488 g/mol. The number of methoxy groups -OCH3 is 1. The third kappa shape index (κ3) is 4.69. The van der Waals surface area contributed by atoms with Crippen LogP contribution in [0.25, 0.3) is 33.9 Å². The van der Waals surface area contributed by atoms with Gasteiger partial charge in [-0.15, -0.1) is 11.3 Å². The van der Waals surface area contributed by atoms with E-state index in [9.17, 15) is 9.59 Å². The Balaban J connectivity index is 1.50. The van der Waals surface area contributed by atoms with Gasteiger partial charge >= 0.3 is 0 Å². The van der Waals surface area contributed by atoms with Crippen LogP contribution in [-0.4, -0.2) is 32.7 Å². The molecule has 0 aliphatic rings. The topological polar surface area (TPSA) is 112 Å². The minimum atomic E-state index is -0.298. The molecule has 4 aromatic heterocycles.